The number of benzene rings is 1. The predicted octanol–water partition coefficient (Wildman–Crippen LogP) is 4.91. The number of thiophene rings is 1. The van der Waals surface area contributed by atoms with Gasteiger partial charge in [0.05, 0.1) is 12.1 Å². The van der Waals surface area contributed by atoms with Crippen molar-refractivity contribution in [2.45, 2.75) is 20.4 Å². The maximum Gasteiger partial charge on any atom is 0.338 e. The predicted molar refractivity (Wildman–Crippen MR) is 103 cm³/mol. The summed E-state index contributed by atoms with van der Waals surface area (Å²) in [5, 5.41) is 2.48. The van der Waals surface area contributed by atoms with Gasteiger partial charge in [-0.1, -0.05) is 23.7 Å². The van der Waals surface area contributed by atoms with Crippen molar-refractivity contribution >= 4 is 34.7 Å². The summed E-state index contributed by atoms with van der Waals surface area (Å²) in [6.07, 6.45) is 0. The van der Waals surface area contributed by atoms with Gasteiger partial charge in [-0.15, -0.1) is 11.3 Å². The van der Waals surface area contributed by atoms with Crippen LogP contribution in [0.4, 0.5) is 0 Å². The van der Waals surface area contributed by atoms with Crippen molar-refractivity contribution < 1.29 is 14.3 Å². The lowest BCUT2D eigenvalue weighted by Gasteiger charge is -2.08. The first-order valence-corrected chi connectivity index (χ1v) is 9.36. The summed E-state index contributed by atoms with van der Waals surface area (Å²) < 4.78 is 7.25. The Balaban J connectivity index is 1.69. The Bertz CT molecular complexity index is 944. The number of rotatable bonds is 6. The van der Waals surface area contributed by atoms with E-state index in [-0.39, 0.29) is 12.4 Å². The number of hydrogen-bond acceptors (Lipinski definition) is 4. The molecule has 0 spiro atoms. The van der Waals surface area contributed by atoms with Gasteiger partial charge in [0.15, 0.2) is 6.61 Å². The van der Waals surface area contributed by atoms with Crippen molar-refractivity contribution in [1.82, 2.24) is 4.57 Å². The zero-order valence-corrected chi connectivity index (χ0v) is 16.1. The molecule has 0 aliphatic carbocycles. The van der Waals surface area contributed by atoms with Gasteiger partial charge in [-0.25, -0.2) is 4.79 Å². The van der Waals surface area contributed by atoms with Crippen molar-refractivity contribution in [2.24, 2.45) is 0 Å². The maximum atomic E-state index is 12.5. The number of ketones is 1. The highest BCUT2D eigenvalue weighted by molar-refractivity contribution is 7.09. The number of carbonyl (C=O) groups excluding carboxylic acids is 2. The molecule has 0 aliphatic rings. The van der Waals surface area contributed by atoms with Crippen LogP contribution in [0.1, 0.15) is 37.0 Å². The van der Waals surface area contributed by atoms with E-state index in [4.69, 9.17) is 16.3 Å². The number of nitrogens with zero attached hydrogens (tertiary/aromatic N) is 1. The van der Waals surface area contributed by atoms with Crippen molar-refractivity contribution in [3.63, 3.8) is 0 Å². The van der Waals surface area contributed by atoms with Crippen LogP contribution < -0.4 is 0 Å². The van der Waals surface area contributed by atoms with E-state index in [9.17, 15) is 9.59 Å². The van der Waals surface area contributed by atoms with Crippen LogP contribution in [0.5, 0.6) is 0 Å². The van der Waals surface area contributed by atoms with Crippen molar-refractivity contribution in [1.29, 1.82) is 0 Å². The number of ether oxygens (including phenoxy) is 1. The van der Waals surface area contributed by atoms with Crippen molar-refractivity contribution in [2.75, 3.05) is 6.61 Å². The Hall–Kier alpha value is -2.37. The summed E-state index contributed by atoms with van der Waals surface area (Å²) in [6.45, 7) is 4.31. The molecule has 3 aromatic rings. The zero-order chi connectivity index (χ0) is 18.7. The molecule has 0 amide bonds. The molecule has 2 aromatic heterocycles. The molecule has 134 valence electrons. The summed E-state index contributed by atoms with van der Waals surface area (Å²) >= 11 is 7.55. The number of carbonyl (C=O) groups is 2. The smallest absolute Gasteiger partial charge is 0.338 e. The molecule has 0 aliphatic heterocycles. The third kappa shape index (κ3) is 4.06. The molecule has 0 radical (unpaired) electrons. The molecule has 0 unspecified atom stereocenters. The minimum absolute atomic E-state index is 0.217. The maximum absolute atomic E-state index is 12.5. The summed E-state index contributed by atoms with van der Waals surface area (Å²) in [5.41, 5.74) is 2.78. The van der Waals surface area contributed by atoms with Gasteiger partial charge in [0.2, 0.25) is 5.78 Å². The fourth-order valence-electron chi connectivity index (χ4n) is 2.79. The second-order valence-electron chi connectivity index (χ2n) is 5.96. The summed E-state index contributed by atoms with van der Waals surface area (Å²) in [6, 6.07) is 12.4. The van der Waals surface area contributed by atoms with E-state index in [2.05, 4.69) is 10.6 Å². The molecule has 26 heavy (non-hydrogen) atoms. The van der Waals surface area contributed by atoms with Crippen LogP contribution in [0.3, 0.4) is 0 Å². The Kier molecular flexibility index (Phi) is 5.59. The molecule has 6 heteroatoms. The zero-order valence-electron chi connectivity index (χ0n) is 14.5. The minimum Gasteiger partial charge on any atom is -0.454 e. The molecule has 0 atom stereocenters. The van der Waals surface area contributed by atoms with Gasteiger partial charge in [0.25, 0.3) is 0 Å². The average molecular weight is 388 g/mol. The molecular weight excluding hydrogens is 370 g/mol. The standard InChI is InChI=1S/C20H18ClNO3S/c1-13-9-18(14(2)22(13)11-17-7-4-8-26-17)19(23)12-25-20(24)15-5-3-6-16(21)10-15/h3-10H,11-12H2,1-2H3. The first-order chi connectivity index (χ1) is 12.5. The number of esters is 1. The lowest BCUT2D eigenvalue weighted by Crippen LogP contribution is -2.15. The number of Topliss-reactive ketones (excluding diaryl/α,β-unsaturated/α-hetero) is 1. The molecule has 0 saturated heterocycles. The Morgan fingerprint density at radius 1 is 1.15 bits per heavy atom. The molecule has 4 nitrogen and oxygen atoms in total. The summed E-state index contributed by atoms with van der Waals surface area (Å²) in [7, 11) is 0. The molecule has 2 heterocycles. The fraction of sp³-hybridized carbons (Fsp3) is 0.200. The summed E-state index contributed by atoms with van der Waals surface area (Å²) in [4.78, 5) is 25.8. The van der Waals surface area contributed by atoms with E-state index in [0.29, 0.717) is 16.1 Å². The molecular formula is C20H18ClNO3S. The van der Waals surface area contributed by atoms with Crippen LogP contribution >= 0.6 is 22.9 Å². The Morgan fingerprint density at radius 2 is 1.96 bits per heavy atom. The lowest BCUT2D eigenvalue weighted by molar-refractivity contribution is 0.0474. The largest absolute Gasteiger partial charge is 0.454 e. The monoisotopic (exact) mass is 387 g/mol. The highest BCUT2D eigenvalue weighted by Crippen LogP contribution is 2.20. The van der Waals surface area contributed by atoms with E-state index >= 15 is 0 Å². The van der Waals surface area contributed by atoms with Gasteiger partial charge in [-0.2, -0.15) is 0 Å². The van der Waals surface area contributed by atoms with Gasteiger partial charge in [0, 0.05) is 26.9 Å². The van der Waals surface area contributed by atoms with Gasteiger partial charge in [-0.3, -0.25) is 4.79 Å². The third-order valence-corrected chi connectivity index (χ3v) is 5.26. The van der Waals surface area contributed by atoms with Crippen molar-refractivity contribution in [3.8, 4) is 0 Å². The fourth-order valence-corrected chi connectivity index (χ4v) is 3.68. The highest BCUT2D eigenvalue weighted by atomic mass is 35.5. The van der Waals surface area contributed by atoms with E-state index in [0.717, 1.165) is 17.9 Å². The van der Waals surface area contributed by atoms with Gasteiger partial charge in [0.1, 0.15) is 0 Å². The Labute approximate surface area is 161 Å². The average Bonchev–Trinajstić information content (AvgIpc) is 3.23. The molecule has 0 saturated carbocycles. The molecule has 0 bridgehead atoms. The SMILES string of the molecule is Cc1cc(C(=O)COC(=O)c2cccc(Cl)c2)c(C)n1Cc1cccs1. The first-order valence-electron chi connectivity index (χ1n) is 8.10. The topological polar surface area (TPSA) is 48.3 Å². The van der Waals surface area contributed by atoms with E-state index in [1.54, 1.807) is 29.5 Å². The third-order valence-electron chi connectivity index (χ3n) is 4.16. The van der Waals surface area contributed by atoms with Crippen LogP contribution in [0.2, 0.25) is 5.02 Å². The highest BCUT2D eigenvalue weighted by Gasteiger charge is 2.18. The normalized spacial score (nSPS) is 10.7. The van der Waals surface area contributed by atoms with Crippen molar-refractivity contribution in [3.05, 3.63) is 80.3 Å². The van der Waals surface area contributed by atoms with Gasteiger partial charge < -0.3 is 9.30 Å². The van der Waals surface area contributed by atoms with Crippen LogP contribution in [-0.2, 0) is 11.3 Å². The van der Waals surface area contributed by atoms with Crippen LogP contribution in [0.15, 0.2) is 47.8 Å². The molecule has 0 N–H and O–H groups in total. The minimum atomic E-state index is -0.562. The quantitative estimate of drug-likeness (QED) is 0.446. The molecule has 3 rings (SSSR count). The second kappa shape index (κ2) is 7.89. The van der Waals surface area contributed by atoms with Gasteiger partial charge >= 0.3 is 5.97 Å². The molecule has 0 fully saturated rings. The first kappa shape index (κ1) is 18.4. The van der Waals surface area contributed by atoms with E-state index in [1.807, 2.05) is 31.4 Å². The lowest BCUT2D eigenvalue weighted by atomic mass is 10.1. The summed E-state index contributed by atoms with van der Waals surface area (Å²) in [5.74, 6) is -0.779. The number of hydrogen-bond donors (Lipinski definition) is 0. The van der Waals surface area contributed by atoms with Gasteiger partial charge in [-0.05, 0) is 49.6 Å². The Morgan fingerprint density at radius 3 is 2.65 bits per heavy atom. The number of halogens is 1. The van der Waals surface area contributed by atoms with E-state index in [1.165, 1.54) is 10.9 Å². The van der Waals surface area contributed by atoms with E-state index < -0.39 is 5.97 Å². The van der Waals surface area contributed by atoms with Crippen LogP contribution in [0, 0.1) is 13.8 Å². The van der Waals surface area contributed by atoms with Crippen LogP contribution in [0.25, 0.3) is 0 Å². The second-order valence-corrected chi connectivity index (χ2v) is 7.43. The van der Waals surface area contributed by atoms with Crippen LogP contribution in [-0.4, -0.2) is 22.9 Å². The number of aryl methyl sites for hydroxylation is 1. The number of aromatic nitrogens is 1. The molecule has 1 aromatic carbocycles.